The predicted molar refractivity (Wildman–Crippen MR) is 144 cm³/mol. The van der Waals surface area contributed by atoms with E-state index in [0.29, 0.717) is 48.0 Å². The number of nitrogens with two attached hydrogens (primary N) is 1. The van der Waals surface area contributed by atoms with Crippen molar-refractivity contribution < 1.29 is 17.2 Å². The minimum Gasteiger partial charge on any atom is -0.461 e. The maximum absolute atomic E-state index is 14.7. The van der Waals surface area contributed by atoms with Gasteiger partial charge in [0.1, 0.15) is 5.82 Å². The lowest BCUT2D eigenvalue weighted by Crippen LogP contribution is -2.50. The average Bonchev–Trinajstić information content (AvgIpc) is 3.59. The Kier molecular flexibility index (Phi) is 6.59. The van der Waals surface area contributed by atoms with E-state index in [4.69, 9.17) is 10.2 Å². The van der Waals surface area contributed by atoms with Crippen LogP contribution in [0.5, 0.6) is 0 Å². The molecule has 2 fully saturated rings. The van der Waals surface area contributed by atoms with Crippen molar-refractivity contribution in [3.05, 3.63) is 42.4 Å². The third-order valence-electron chi connectivity index (χ3n) is 7.34. The minimum absolute atomic E-state index is 0.00361. The molecule has 0 spiro atoms. The summed E-state index contributed by atoms with van der Waals surface area (Å²) < 4.78 is 44.9. The zero-order valence-corrected chi connectivity index (χ0v) is 22.4. The SMILES string of the molecule is CS(=O)(=O)c1ccc(N2CCN(CC3CCCN(c4nc(N)n5nc(-c6ccco6)nc5n4)C3)CC2)c(F)c1. The molecule has 2 saturated heterocycles. The summed E-state index contributed by atoms with van der Waals surface area (Å²) >= 11 is 0. The van der Waals surface area contributed by atoms with E-state index in [1.165, 1.54) is 10.6 Å². The molecule has 0 amide bonds. The van der Waals surface area contributed by atoms with Gasteiger partial charge in [0, 0.05) is 52.1 Å². The van der Waals surface area contributed by atoms with Gasteiger partial charge in [-0.2, -0.15) is 19.5 Å². The number of hydrogen-bond donors (Lipinski definition) is 1. The van der Waals surface area contributed by atoms with E-state index >= 15 is 0 Å². The topological polar surface area (TPSA) is 139 Å². The van der Waals surface area contributed by atoms with Gasteiger partial charge in [0.2, 0.25) is 17.7 Å². The Morgan fingerprint density at radius 2 is 1.90 bits per heavy atom. The molecule has 0 radical (unpaired) electrons. The second-order valence-electron chi connectivity index (χ2n) is 10.1. The molecule has 0 aliphatic carbocycles. The van der Waals surface area contributed by atoms with Gasteiger partial charge >= 0.3 is 0 Å². The highest BCUT2D eigenvalue weighted by Gasteiger charge is 2.27. The molecular formula is C25H30FN9O3S. The van der Waals surface area contributed by atoms with E-state index in [-0.39, 0.29) is 10.8 Å². The maximum atomic E-state index is 14.7. The quantitative estimate of drug-likeness (QED) is 0.373. The molecule has 2 N–H and O–H groups in total. The van der Waals surface area contributed by atoms with Crippen molar-refractivity contribution in [3.63, 3.8) is 0 Å². The first kappa shape index (κ1) is 25.5. The van der Waals surface area contributed by atoms with E-state index in [1.54, 1.807) is 24.5 Å². The van der Waals surface area contributed by atoms with Gasteiger partial charge in [-0.05, 0) is 49.1 Å². The first-order chi connectivity index (χ1) is 18.7. The molecule has 14 heteroatoms. The van der Waals surface area contributed by atoms with Crippen LogP contribution in [-0.2, 0) is 9.84 Å². The van der Waals surface area contributed by atoms with Crippen LogP contribution in [0.1, 0.15) is 12.8 Å². The fourth-order valence-corrected chi connectivity index (χ4v) is 5.99. The monoisotopic (exact) mass is 555 g/mol. The van der Waals surface area contributed by atoms with Crippen molar-refractivity contribution in [1.82, 2.24) is 29.5 Å². The molecule has 12 nitrogen and oxygen atoms in total. The van der Waals surface area contributed by atoms with Crippen molar-refractivity contribution in [2.75, 3.05) is 67.6 Å². The van der Waals surface area contributed by atoms with E-state index in [2.05, 4.69) is 29.9 Å². The fourth-order valence-electron chi connectivity index (χ4n) is 5.35. The van der Waals surface area contributed by atoms with E-state index in [0.717, 1.165) is 57.9 Å². The zero-order valence-electron chi connectivity index (χ0n) is 21.6. The van der Waals surface area contributed by atoms with Crippen LogP contribution in [0.3, 0.4) is 0 Å². The number of hydrogen-bond acceptors (Lipinski definition) is 11. The summed E-state index contributed by atoms with van der Waals surface area (Å²) in [5.74, 6) is 1.99. The van der Waals surface area contributed by atoms with Gasteiger partial charge in [0.25, 0.3) is 5.78 Å². The van der Waals surface area contributed by atoms with Crippen LogP contribution in [0.15, 0.2) is 45.9 Å². The van der Waals surface area contributed by atoms with Gasteiger partial charge in [-0.1, -0.05) is 0 Å². The number of piperidine rings is 1. The number of rotatable bonds is 6. The minimum atomic E-state index is -3.44. The van der Waals surface area contributed by atoms with Crippen molar-refractivity contribution in [2.45, 2.75) is 17.7 Å². The Balaban J connectivity index is 1.08. The number of piperazine rings is 1. The lowest BCUT2D eigenvalue weighted by Gasteiger charge is -2.40. The van der Waals surface area contributed by atoms with Gasteiger partial charge < -0.3 is 20.0 Å². The number of benzene rings is 1. The van der Waals surface area contributed by atoms with Crippen LogP contribution in [0, 0.1) is 11.7 Å². The summed E-state index contributed by atoms with van der Waals surface area (Å²) in [6, 6.07) is 7.69. The molecule has 3 aromatic heterocycles. The van der Waals surface area contributed by atoms with E-state index in [1.807, 2.05) is 4.90 Å². The number of aromatic nitrogens is 5. The molecule has 1 aromatic carbocycles. The number of anilines is 3. The first-order valence-corrected chi connectivity index (χ1v) is 14.8. The average molecular weight is 556 g/mol. The molecule has 39 heavy (non-hydrogen) atoms. The molecule has 2 aliphatic rings. The van der Waals surface area contributed by atoms with Gasteiger partial charge in [0.05, 0.1) is 16.8 Å². The standard InChI is InChI=1S/C25H30FN9O3S/c1-39(36,37)18-6-7-20(19(26)14-18)33-11-9-32(10-12-33)15-17-4-2-8-34(16-17)24-29-23(27)35-25(30-24)28-22(31-35)21-5-3-13-38-21/h3,5-7,13-14,17H,2,4,8-12,15-16H2,1H3,(H2,27,28,29,30,31). The molecule has 206 valence electrons. The summed E-state index contributed by atoms with van der Waals surface area (Å²) in [5.41, 5.74) is 6.64. The van der Waals surface area contributed by atoms with Crippen LogP contribution in [0.25, 0.3) is 17.4 Å². The summed E-state index contributed by atoms with van der Waals surface area (Å²) in [7, 11) is -3.44. The van der Waals surface area contributed by atoms with Crippen molar-refractivity contribution in [3.8, 4) is 11.6 Å². The maximum Gasteiger partial charge on any atom is 0.259 e. The number of nitrogen functional groups attached to an aromatic ring is 1. The van der Waals surface area contributed by atoms with Gasteiger partial charge in [0.15, 0.2) is 15.6 Å². The van der Waals surface area contributed by atoms with Crippen molar-refractivity contribution in [1.29, 1.82) is 0 Å². The summed E-state index contributed by atoms with van der Waals surface area (Å²) in [6.45, 7) is 5.51. The van der Waals surface area contributed by atoms with Gasteiger partial charge in [-0.3, -0.25) is 4.90 Å². The Labute approximate surface area is 225 Å². The summed E-state index contributed by atoms with van der Waals surface area (Å²) in [4.78, 5) is 20.1. The lowest BCUT2D eigenvalue weighted by atomic mass is 9.97. The van der Waals surface area contributed by atoms with E-state index in [9.17, 15) is 12.8 Å². The van der Waals surface area contributed by atoms with Crippen molar-refractivity contribution in [2.24, 2.45) is 5.92 Å². The highest BCUT2D eigenvalue weighted by molar-refractivity contribution is 7.90. The molecule has 5 heterocycles. The zero-order chi connectivity index (χ0) is 27.1. The molecule has 0 bridgehead atoms. The van der Waals surface area contributed by atoms with Crippen LogP contribution in [0.2, 0.25) is 0 Å². The molecular weight excluding hydrogens is 525 g/mol. The fraction of sp³-hybridized carbons (Fsp3) is 0.440. The number of nitrogens with zero attached hydrogens (tertiary/aromatic N) is 8. The normalized spacial score (nSPS) is 19.2. The Bertz CT molecular complexity index is 1580. The predicted octanol–water partition coefficient (Wildman–Crippen LogP) is 1.94. The van der Waals surface area contributed by atoms with Crippen LogP contribution < -0.4 is 15.5 Å². The summed E-state index contributed by atoms with van der Waals surface area (Å²) in [6.07, 6.45) is 4.76. The Morgan fingerprint density at radius 1 is 1.08 bits per heavy atom. The van der Waals surface area contributed by atoms with Crippen LogP contribution >= 0.6 is 0 Å². The molecule has 1 atom stereocenters. The summed E-state index contributed by atoms with van der Waals surface area (Å²) in [5, 5.41) is 4.36. The van der Waals surface area contributed by atoms with Gasteiger partial charge in [-0.15, -0.1) is 5.10 Å². The first-order valence-electron chi connectivity index (χ1n) is 12.9. The third-order valence-corrected chi connectivity index (χ3v) is 8.45. The van der Waals surface area contributed by atoms with Crippen LogP contribution in [0.4, 0.5) is 22.0 Å². The molecule has 6 rings (SSSR count). The number of halogens is 1. The smallest absolute Gasteiger partial charge is 0.259 e. The van der Waals surface area contributed by atoms with Crippen LogP contribution in [-0.4, -0.2) is 90.0 Å². The number of sulfone groups is 1. The Hall–Kier alpha value is -3.78. The Morgan fingerprint density at radius 3 is 2.62 bits per heavy atom. The molecule has 1 unspecified atom stereocenters. The highest BCUT2D eigenvalue weighted by atomic mass is 32.2. The number of furan rings is 1. The number of fused-ring (bicyclic) bond motifs is 1. The third kappa shape index (κ3) is 5.26. The van der Waals surface area contributed by atoms with Crippen molar-refractivity contribution >= 4 is 33.2 Å². The highest BCUT2D eigenvalue weighted by Crippen LogP contribution is 2.26. The lowest BCUT2D eigenvalue weighted by molar-refractivity contribution is 0.205. The van der Waals surface area contributed by atoms with E-state index < -0.39 is 15.7 Å². The molecule has 2 aliphatic heterocycles. The molecule has 4 aromatic rings. The second-order valence-corrected chi connectivity index (χ2v) is 12.1. The molecule has 0 saturated carbocycles. The largest absolute Gasteiger partial charge is 0.461 e. The second kappa shape index (κ2) is 10.1. The van der Waals surface area contributed by atoms with Gasteiger partial charge in [-0.25, -0.2) is 12.8 Å².